The van der Waals surface area contributed by atoms with Crippen molar-refractivity contribution >= 4 is 65.4 Å². The molecule has 0 N–H and O–H groups in total. The lowest BCUT2D eigenvalue weighted by atomic mass is 9.95. The summed E-state index contributed by atoms with van der Waals surface area (Å²) in [4.78, 5) is 0. The Bertz CT molecular complexity index is 4550. The summed E-state index contributed by atoms with van der Waals surface area (Å²) in [5, 5.41) is 7.38. The Hall–Kier alpha value is -9.96. The van der Waals surface area contributed by atoms with Crippen molar-refractivity contribution in [2.24, 2.45) is 0 Å². The van der Waals surface area contributed by atoms with Crippen LogP contribution in [0.1, 0.15) is 11.1 Å². The highest BCUT2D eigenvalue weighted by atomic mass is 15.0. The first-order valence-electron chi connectivity index (χ1n) is 26.6. The summed E-state index contributed by atoms with van der Waals surface area (Å²) in [5.74, 6) is 0. The monoisotopic (exact) mass is 981 g/mol. The highest BCUT2D eigenvalue weighted by Gasteiger charge is 2.20. The molecule has 0 saturated heterocycles. The molecule has 0 fully saturated rings. The van der Waals surface area contributed by atoms with Crippen molar-refractivity contribution in [3.05, 3.63) is 284 Å². The molecule has 0 saturated carbocycles. The van der Waals surface area contributed by atoms with Crippen molar-refractivity contribution in [2.75, 3.05) is 0 Å². The van der Waals surface area contributed by atoms with E-state index in [1.807, 2.05) is 0 Å². The quantitative estimate of drug-likeness (QED) is 0.144. The Morgan fingerprint density at radius 2 is 0.481 bits per heavy atom. The minimum absolute atomic E-state index is 1.12. The third kappa shape index (κ3) is 7.50. The van der Waals surface area contributed by atoms with E-state index in [1.54, 1.807) is 0 Å². The summed E-state index contributed by atoms with van der Waals surface area (Å²) in [7, 11) is 0. The molecule has 0 spiro atoms. The van der Waals surface area contributed by atoms with E-state index in [9.17, 15) is 0 Å². The summed E-state index contributed by atoms with van der Waals surface area (Å²) in [6, 6.07) is 101. The average Bonchev–Trinajstić information content (AvgIpc) is 4.26. The lowest BCUT2D eigenvalue weighted by Gasteiger charge is -2.15. The van der Waals surface area contributed by atoms with Gasteiger partial charge in [-0.2, -0.15) is 0 Å². The first-order chi connectivity index (χ1) is 38.0. The molecular formula is C74H51N3. The second kappa shape index (κ2) is 17.9. The SMILES string of the molecule is Cc1cc(C)cc(-c2ccc(-c3cc(-c4ccccc4)cc(-n4c5ccc(-c6ccc7c(c6)c6ccccc6n7-c6ccccc6)cc5c5cc(-c6ccc7c(c6)c6ccccc6n7-c6ccccc6)ccc54)c3)cc2)c1. The predicted octanol–water partition coefficient (Wildman–Crippen LogP) is 19.9. The molecule has 3 heterocycles. The third-order valence-electron chi connectivity index (χ3n) is 15.9. The number of para-hydroxylation sites is 4. The third-order valence-corrected chi connectivity index (χ3v) is 15.9. The lowest BCUT2D eigenvalue weighted by molar-refractivity contribution is 1.18. The molecule has 77 heavy (non-hydrogen) atoms. The van der Waals surface area contributed by atoms with Gasteiger partial charge in [0.2, 0.25) is 0 Å². The van der Waals surface area contributed by atoms with E-state index < -0.39 is 0 Å². The average molecular weight is 982 g/mol. The van der Waals surface area contributed by atoms with E-state index in [0.717, 1.165) is 28.1 Å². The summed E-state index contributed by atoms with van der Waals surface area (Å²) in [5.41, 5.74) is 25.0. The highest BCUT2D eigenvalue weighted by molar-refractivity contribution is 6.15. The van der Waals surface area contributed by atoms with Crippen LogP contribution in [0.25, 0.3) is 138 Å². The van der Waals surface area contributed by atoms with Crippen LogP contribution in [0.4, 0.5) is 0 Å². The zero-order valence-electron chi connectivity index (χ0n) is 42.8. The number of rotatable bonds is 8. The Morgan fingerprint density at radius 3 is 0.896 bits per heavy atom. The van der Waals surface area contributed by atoms with Crippen molar-refractivity contribution in [2.45, 2.75) is 13.8 Å². The van der Waals surface area contributed by atoms with E-state index in [-0.39, 0.29) is 0 Å². The van der Waals surface area contributed by atoms with Gasteiger partial charge in [-0.3, -0.25) is 0 Å². The number of aryl methyl sites for hydroxylation is 2. The van der Waals surface area contributed by atoms with Crippen molar-refractivity contribution in [3.63, 3.8) is 0 Å². The summed E-state index contributed by atoms with van der Waals surface area (Å²) < 4.78 is 7.27. The Labute approximate surface area is 447 Å². The molecule has 15 aromatic rings. The fourth-order valence-corrected chi connectivity index (χ4v) is 12.4. The summed E-state index contributed by atoms with van der Waals surface area (Å²) in [6.45, 7) is 4.35. The zero-order chi connectivity index (χ0) is 51.1. The maximum Gasteiger partial charge on any atom is 0.0541 e. The number of fused-ring (bicyclic) bond motifs is 9. The van der Waals surface area contributed by atoms with Gasteiger partial charge in [0, 0.05) is 49.4 Å². The van der Waals surface area contributed by atoms with Crippen LogP contribution in [0.5, 0.6) is 0 Å². The van der Waals surface area contributed by atoms with Crippen LogP contribution >= 0.6 is 0 Å². The number of benzene rings is 12. The predicted molar refractivity (Wildman–Crippen MR) is 326 cm³/mol. The topological polar surface area (TPSA) is 14.8 Å². The Balaban J connectivity index is 0.937. The van der Waals surface area contributed by atoms with Gasteiger partial charge in [0.05, 0.1) is 33.1 Å². The number of aromatic nitrogens is 3. The standard InChI is InChI=1S/C74H51N3/c1-48-38-49(2)40-57(39-48)51-26-28-52(29-27-51)59-41-58(50-16-6-3-7-17-50)42-62(43-59)77-73-36-32-55(53-30-34-71-65(44-53)63-22-12-14-24-69(63)75(71)60-18-8-4-9-19-60)46-67(73)68-47-56(33-37-74(68)77)54-31-35-72-66(45-54)64-23-13-15-25-70(64)76(72)61-20-10-5-11-21-61/h3-47H,1-2H3. The van der Waals surface area contributed by atoms with Crippen molar-refractivity contribution in [1.82, 2.24) is 13.7 Å². The molecule has 15 rings (SSSR count). The van der Waals surface area contributed by atoms with Crippen LogP contribution in [0, 0.1) is 13.8 Å². The van der Waals surface area contributed by atoms with Gasteiger partial charge in [-0.1, -0.05) is 181 Å². The normalized spacial score (nSPS) is 11.8. The van der Waals surface area contributed by atoms with Crippen molar-refractivity contribution in [3.8, 4) is 72.7 Å². The smallest absolute Gasteiger partial charge is 0.0541 e. The molecule has 0 bridgehead atoms. The highest BCUT2D eigenvalue weighted by Crippen LogP contribution is 2.43. The van der Waals surface area contributed by atoms with E-state index in [2.05, 4.69) is 301 Å². The molecule has 3 aromatic heterocycles. The molecule has 0 amide bonds. The van der Waals surface area contributed by atoms with Crippen LogP contribution in [0.3, 0.4) is 0 Å². The van der Waals surface area contributed by atoms with Gasteiger partial charge in [0.15, 0.2) is 0 Å². The second-order valence-electron chi connectivity index (χ2n) is 20.7. The Kier molecular flexibility index (Phi) is 10.3. The molecule has 3 nitrogen and oxygen atoms in total. The molecule has 362 valence electrons. The van der Waals surface area contributed by atoms with Gasteiger partial charge in [0.25, 0.3) is 0 Å². The van der Waals surface area contributed by atoms with Crippen LogP contribution < -0.4 is 0 Å². The molecule has 0 aliphatic rings. The minimum atomic E-state index is 1.12. The molecule has 0 aliphatic heterocycles. The molecule has 0 atom stereocenters. The van der Waals surface area contributed by atoms with Gasteiger partial charge in [-0.15, -0.1) is 0 Å². The maximum absolute atomic E-state index is 2.49. The largest absolute Gasteiger partial charge is 0.309 e. The van der Waals surface area contributed by atoms with Gasteiger partial charge in [-0.05, 0) is 173 Å². The lowest BCUT2D eigenvalue weighted by Crippen LogP contribution is -1.96. The first kappa shape index (κ1) is 44.5. The van der Waals surface area contributed by atoms with Gasteiger partial charge in [0.1, 0.15) is 0 Å². The maximum atomic E-state index is 2.49. The molecular weight excluding hydrogens is 931 g/mol. The van der Waals surface area contributed by atoms with Crippen LogP contribution in [0.15, 0.2) is 273 Å². The minimum Gasteiger partial charge on any atom is -0.309 e. The summed E-state index contributed by atoms with van der Waals surface area (Å²) >= 11 is 0. The molecule has 0 aliphatic carbocycles. The first-order valence-corrected chi connectivity index (χ1v) is 26.6. The van der Waals surface area contributed by atoms with E-state index in [4.69, 9.17) is 0 Å². The van der Waals surface area contributed by atoms with Crippen LogP contribution in [-0.2, 0) is 0 Å². The van der Waals surface area contributed by atoms with E-state index in [0.29, 0.717) is 0 Å². The Morgan fingerprint density at radius 1 is 0.182 bits per heavy atom. The second-order valence-corrected chi connectivity index (χ2v) is 20.7. The number of hydrogen-bond donors (Lipinski definition) is 0. The molecule has 0 unspecified atom stereocenters. The molecule has 12 aromatic carbocycles. The van der Waals surface area contributed by atoms with Gasteiger partial charge < -0.3 is 13.7 Å². The van der Waals surface area contributed by atoms with E-state index in [1.165, 1.54) is 121 Å². The molecule has 3 heteroatoms. The fraction of sp³-hybridized carbons (Fsp3) is 0.0270. The van der Waals surface area contributed by atoms with Crippen LogP contribution in [-0.4, -0.2) is 13.7 Å². The number of hydrogen-bond acceptors (Lipinski definition) is 0. The van der Waals surface area contributed by atoms with Crippen molar-refractivity contribution in [1.29, 1.82) is 0 Å². The van der Waals surface area contributed by atoms with E-state index >= 15 is 0 Å². The van der Waals surface area contributed by atoms with Crippen molar-refractivity contribution < 1.29 is 0 Å². The zero-order valence-corrected chi connectivity index (χ0v) is 42.8. The molecule has 0 radical (unpaired) electrons. The fourth-order valence-electron chi connectivity index (χ4n) is 12.4. The summed E-state index contributed by atoms with van der Waals surface area (Å²) in [6.07, 6.45) is 0. The van der Waals surface area contributed by atoms with Gasteiger partial charge in [-0.25, -0.2) is 0 Å². The van der Waals surface area contributed by atoms with Crippen LogP contribution in [0.2, 0.25) is 0 Å². The van der Waals surface area contributed by atoms with Gasteiger partial charge >= 0.3 is 0 Å². The number of nitrogens with zero attached hydrogens (tertiary/aromatic N) is 3.